The second-order valence-corrected chi connectivity index (χ2v) is 7.99. The van der Waals surface area contributed by atoms with Gasteiger partial charge in [0.1, 0.15) is 33.5 Å². The molecule has 4 rings (SSSR count). The minimum Gasteiger partial charge on any atom is -0.426 e. The van der Waals surface area contributed by atoms with Crippen molar-refractivity contribution >= 4 is 24.3 Å². The maximum absolute atomic E-state index is 13.3. The van der Waals surface area contributed by atoms with Gasteiger partial charge >= 0.3 is 14.3 Å². The third-order valence-corrected chi connectivity index (χ3v) is 5.86. The van der Waals surface area contributed by atoms with Crippen LogP contribution in [-0.2, 0) is 20.4 Å². The first-order valence-corrected chi connectivity index (χ1v) is 9.96. The van der Waals surface area contributed by atoms with Gasteiger partial charge in [0.25, 0.3) is 5.56 Å². The Balaban J connectivity index is 1.44. The van der Waals surface area contributed by atoms with Crippen LogP contribution in [0.3, 0.4) is 0 Å². The van der Waals surface area contributed by atoms with Crippen LogP contribution < -0.4 is 15.8 Å². The van der Waals surface area contributed by atoms with E-state index >= 15 is 0 Å². The second-order valence-electron chi connectivity index (χ2n) is 6.92. The summed E-state index contributed by atoms with van der Waals surface area (Å²) in [5, 5.41) is -1.75. The summed E-state index contributed by atoms with van der Waals surface area (Å²) in [7, 11) is 10.3. The second kappa shape index (κ2) is 7.72. The number of ether oxygens (including phenoxy) is 1. The average Bonchev–Trinajstić information content (AvgIpc) is 3.15. The van der Waals surface area contributed by atoms with Gasteiger partial charge in [0.15, 0.2) is 0 Å². The minimum absolute atomic E-state index is 0.0923. The molecule has 1 saturated heterocycles. The van der Waals surface area contributed by atoms with Gasteiger partial charge in [-0.25, -0.2) is 9.18 Å². The number of fused-ring (bicyclic) bond motifs is 1. The fourth-order valence-corrected chi connectivity index (χ4v) is 4.27. The number of nitrogens with one attached hydrogen (secondary N) is 1. The summed E-state index contributed by atoms with van der Waals surface area (Å²) in [4.78, 5) is 25.8. The van der Waals surface area contributed by atoms with Gasteiger partial charge < -0.3 is 13.8 Å². The topological polar surface area (TPSA) is 91.8 Å². The van der Waals surface area contributed by atoms with Gasteiger partial charge in [-0.3, -0.25) is 18.9 Å². The van der Waals surface area contributed by atoms with Crippen molar-refractivity contribution in [3.63, 3.8) is 0 Å². The number of rotatable bonds is 4. The Morgan fingerprint density at radius 1 is 1.34 bits per heavy atom. The molecule has 3 heterocycles. The normalized spacial score (nSPS) is 24.1. The Kier molecular flexibility index (Phi) is 5.42. The molecule has 0 aliphatic carbocycles. The number of aromatic amines is 1. The molecule has 2 aliphatic heterocycles. The summed E-state index contributed by atoms with van der Waals surface area (Å²) in [5.41, 5.74) is -0.108. The van der Waals surface area contributed by atoms with E-state index in [-0.39, 0.29) is 6.61 Å². The predicted molar refractivity (Wildman–Crippen MR) is 103 cm³/mol. The molecule has 1 aromatic heterocycles. The summed E-state index contributed by atoms with van der Waals surface area (Å²) >= 11 is 0. The van der Waals surface area contributed by atoms with Gasteiger partial charge in [-0.1, -0.05) is 0 Å². The van der Waals surface area contributed by atoms with Crippen molar-refractivity contribution < 1.29 is 22.7 Å². The first kappa shape index (κ1) is 20.3. The van der Waals surface area contributed by atoms with Gasteiger partial charge in [0.2, 0.25) is 0 Å². The van der Waals surface area contributed by atoms with E-state index in [4.69, 9.17) is 34.0 Å². The van der Waals surface area contributed by atoms with Crippen molar-refractivity contribution in [2.75, 3.05) is 0 Å². The lowest BCUT2D eigenvalue weighted by atomic mass is 9.61. The van der Waals surface area contributed by atoms with Crippen LogP contribution in [0.1, 0.15) is 30.2 Å². The first-order chi connectivity index (χ1) is 13.7. The largest absolute Gasteiger partial charge is 0.426 e. The van der Waals surface area contributed by atoms with Gasteiger partial charge in [0, 0.05) is 22.7 Å². The zero-order valence-electron chi connectivity index (χ0n) is 15.5. The van der Waals surface area contributed by atoms with Gasteiger partial charge in [-0.2, -0.15) is 0 Å². The summed E-state index contributed by atoms with van der Waals surface area (Å²) in [6.45, 7) is 1.68. The quantitative estimate of drug-likeness (QED) is 0.601. The smallest absolute Gasteiger partial charge is 0.396 e. The van der Waals surface area contributed by atoms with Gasteiger partial charge in [-0.15, -0.1) is 0 Å². The van der Waals surface area contributed by atoms with Crippen LogP contribution in [0.5, 0.6) is 5.75 Å². The van der Waals surface area contributed by atoms with Crippen molar-refractivity contribution in [3.8, 4) is 5.75 Å². The highest BCUT2D eigenvalue weighted by Crippen LogP contribution is 2.50. The standard InChI is InChI=1S/C17H16B2FN2O6P/c1-9-7-22(16(24)21-15(9)23)14-5-4-13(26-14)17(18,19)28-29-25-8-10-6-11(20)2-3-12(10)27-29/h2-3,6-7,13-14H,4-5,8H2,1H3,(H,21,23,24). The Hall–Kier alpha value is -1.93. The molecule has 0 spiro atoms. The van der Waals surface area contributed by atoms with Crippen molar-refractivity contribution in [2.45, 2.75) is 44.1 Å². The number of nitrogens with zero attached hydrogens (tertiary/aromatic N) is 1. The van der Waals surface area contributed by atoms with E-state index in [1.165, 1.54) is 29.0 Å². The van der Waals surface area contributed by atoms with E-state index in [0.717, 1.165) is 0 Å². The highest BCUT2D eigenvalue weighted by atomic mass is 31.2. The molecule has 3 unspecified atom stereocenters. The molecular formula is C17H16B2FN2O6P. The van der Waals surface area contributed by atoms with Crippen LogP contribution in [0.25, 0.3) is 0 Å². The van der Waals surface area contributed by atoms with Crippen molar-refractivity contribution in [3.05, 3.63) is 62.2 Å². The molecule has 0 saturated carbocycles. The Bertz CT molecular complexity index is 1050. The van der Waals surface area contributed by atoms with Crippen LogP contribution in [0.2, 0.25) is 0 Å². The summed E-state index contributed by atoms with van der Waals surface area (Å²) in [6, 6.07) is 4.06. The van der Waals surface area contributed by atoms with E-state index in [1.807, 2.05) is 0 Å². The average molecular weight is 416 g/mol. The first-order valence-electron chi connectivity index (χ1n) is 8.87. The van der Waals surface area contributed by atoms with E-state index in [9.17, 15) is 14.0 Å². The van der Waals surface area contributed by atoms with Crippen LogP contribution in [0, 0.1) is 12.7 Å². The summed E-state index contributed by atoms with van der Waals surface area (Å²) < 4.78 is 37.1. The molecule has 0 amide bonds. The fourth-order valence-electron chi connectivity index (χ4n) is 3.17. The van der Waals surface area contributed by atoms with Crippen molar-refractivity contribution in [2.24, 2.45) is 0 Å². The van der Waals surface area contributed by atoms with Crippen molar-refractivity contribution in [1.82, 2.24) is 9.55 Å². The molecular weight excluding hydrogens is 400 g/mol. The predicted octanol–water partition coefficient (Wildman–Crippen LogP) is 1.51. The highest BCUT2D eigenvalue weighted by molar-refractivity contribution is 7.42. The Morgan fingerprint density at radius 3 is 2.93 bits per heavy atom. The zero-order valence-corrected chi connectivity index (χ0v) is 16.4. The highest BCUT2D eigenvalue weighted by Gasteiger charge is 2.41. The van der Waals surface area contributed by atoms with Crippen LogP contribution in [0.4, 0.5) is 4.39 Å². The molecule has 4 radical (unpaired) electrons. The van der Waals surface area contributed by atoms with E-state index in [1.54, 1.807) is 6.92 Å². The SMILES string of the molecule is [B]C([B])(OP1OCc2cc(F)ccc2O1)C1CCC(n2cc(C)c(=O)[nH]c2=O)O1. The number of hydrogen-bond donors (Lipinski definition) is 1. The molecule has 3 atom stereocenters. The number of benzene rings is 1. The van der Waals surface area contributed by atoms with E-state index < -0.39 is 43.4 Å². The van der Waals surface area contributed by atoms with Crippen LogP contribution >= 0.6 is 8.60 Å². The lowest BCUT2D eigenvalue weighted by Crippen LogP contribution is -2.46. The fraction of sp³-hybridized carbons (Fsp3) is 0.412. The number of aromatic nitrogens is 2. The summed E-state index contributed by atoms with van der Waals surface area (Å²) in [6.07, 6.45) is 0.876. The molecule has 29 heavy (non-hydrogen) atoms. The maximum Gasteiger partial charge on any atom is 0.396 e. The van der Waals surface area contributed by atoms with E-state index in [0.29, 0.717) is 29.7 Å². The number of hydrogen-bond acceptors (Lipinski definition) is 6. The van der Waals surface area contributed by atoms with E-state index in [2.05, 4.69) is 4.98 Å². The maximum atomic E-state index is 13.3. The Labute approximate surface area is 169 Å². The molecule has 8 nitrogen and oxygen atoms in total. The lowest BCUT2D eigenvalue weighted by molar-refractivity contribution is -0.0469. The molecule has 148 valence electrons. The van der Waals surface area contributed by atoms with Crippen LogP contribution in [-0.4, -0.2) is 36.7 Å². The molecule has 1 N–H and O–H groups in total. The number of halogens is 1. The zero-order chi connectivity index (χ0) is 20.8. The number of aryl methyl sites for hydroxylation is 1. The Morgan fingerprint density at radius 2 is 2.14 bits per heavy atom. The monoisotopic (exact) mass is 416 g/mol. The third-order valence-electron chi connectivity index (χ3n) is 4.71. The third kappa shape index (κ3) is 4.19. The lowest BCUT2D eigenvalue weighted by Gasteiger charge is -2.36. The molecule has 12 heteroatoms. The molecule has 0 bridgehead atoms. The van der Waals surface area contributed by atoms with Gasteiger partial charge in [-0.05, 0) is 38.0 Å². The molecule has 2 aromatic rings. The minimum atomic E-state index is -1.92. The van der Waals surface area contributed by atoms with Crippen LogP contribution in [0.15, 0.2) is 34.0 Å². The number of H-pyrrole nitrogens is 1. The molecule has 1 aromatic carbocycles. The van der Waals surface area contributed by atoms with Crippen molar-refractivity contribution in [1.29, 1.82) is 0 Å². The molecule has 2 aliphatic rings. The summed E-state index contributed by atoms with van der Waals surface area (Å²) in [5.74, 6) is 0.0354. The molecule has 1 fully saturated rings. The van der Waals surface area contributed by atoms with Gasteiger partial charge in [0.05, 0.1) is 12.7 Å².